The molecule has 0 radical (unpaired) electrons. The molecule has 2 aromatic rings. The van der Waals surface area contributed by atoms with E-state index in [4.69, 9.17) is 11.6 Å². The maximum absolute atomic E-state index is 12.8. The Morgan fingerprint density at radius 3 is 2.39 bits per heavy atom. The van der Waals surface area contributed by atoms with Crippen LogP contribution in [0.3, 0.4) is 0 Å². The molecule has 0 atom stereocenters. The summed E-state index contributed by atoms with van der Waals surface area (Å²) < 4.78 is 43.0. The lowest BCUT2D eigenvalue weighted by molar-refractivity contribution is -0.143. The molecule has 0 aromatic heterocycles. The third-order valence-electron chi connectivity index (χ3n) is 3.34. The number of nitrogens with one attached hydrogen (secondary N) is 1. The number of imide groups is 1. The van der Waals surface area contributed by atoms with Gasteiger partial charge in [-0.05, 0) is 35.9 Å². The van der Waals surface area contributed by atoms with Crippen LogP contribution in [0.1, 0.15) is 21.5 Å². The first-order valence-electron chi connectivity index (χ1n) is 7.77. The van der Waals surface area contributed by atoms with E-state index in [9.17, 15) is 27.6 Å². The molecule has 0 aliphatic heterocycles. The van der Waals surface area contributed by atoms with E-state index in [1.165, 1.54) is 18.2 Å². The highest BCUT2D eigenvalue weighted by molar-refractivity contribution is 6.31. The number of benzene rings is 2. The number of hydrogen-bond donors (Lipinski definition) is 1. The van der Waals surface area contributed by atoms with Gasteiger partial charge in [0.25, 0.3) is 11.8 Å². The van der Waals surface area contributed by atoms with E-state index < -0.39 is 41.2 Å². The number of carbonyl (C=O) groups is 3. The molecular weight excluding hydrogens is 399 g/mol. The Hall–Kier alpha value is -3.13. The summed E-state index contributed by atoms with van der Waals surface area (Å²) in [6, 6.07) is 11.0. The van der Waals surface area contributed by atoms with Gasteiger partial charge in [0.15, 0.2) is 6.61 Å². The van der Waals surface area contributed by atoms with Gasteiger partial charge in [-0.15, -0.1) is 0 Å². The maximum Gasteiger partial charge on any atom is 0.417 e. The van der Waals surface area contributed by atoms with Crippen molar-refractivity contribution in [2.75, 3.05) is 6.61 Å². The summed E-state index contributed by atoms with van der Waals surface area (Å²) in [5.41, 5.74) is -0.717. The predicted molar refractivity (Wildman–Crippen MR) is 95.4 cm³/mol. The van der Waals surface area contributed by atoms with Gasteiger partial charge >= 0.3 is 12.1 Å². The highest BCUT2D eigenvalue weighted by atomic mass is 35.5. The lowest BCUT2D eigenvalue weighted by Gasteiger charge is -2.09. The monoisotopic (exact) mass is 411 g/mol. The molecule has 2 amide bonds. The summed E-state index contributed by atoms with van der Waals surface area (Å²) >= 11 is 5.51. The summed E-state index contributed by atoms with van der Waals surface area (Å²) in [6.45, 7) is -0.726. The molecule has 28 heavy (non-hydrogen) atoms. The molecule has 5 nitrogen and oxygen atoms in total. The molecule has 0 saturated carbocycles. The molecule has 0 aliphatic carbocycles. The average molecular weight is 412 g/mol. The van der Waals surface area contributed by atoms with Crippen LogP contribution in [0.2, 0.25) is 5.02 Å². The first kappa shape index (κ1) is 21.2. The van der Waals surface area contributed by atoms with Gasteiger partial charge in [-0.1, -0.05) is 35.9 Å². The van der Waals surface area contributed by atoms with Crippen LogP contribution in [0.4, 0.5) is 13.2 Å². The number of ether oxygens (including phenoxy) is 1. The van der Waals surface area contributed by atoms with Crippen molar-refractivity contribution in [2.45, 2.75) is 6.18 Å². The summed E-state index contributed by atoms with van der Waals surface area (Å²) in [5, 5.41) is 1.57. The van der Waals surface area contributed by atoms with Crippen LogP contribution in [0, 0.1) is 0 Å². The lowest BCUT2D eigenvalue weighted by atomic mass is 10.1. The maximum atomic E-state index is 12.8. The largest absolute Gasteiger partial charge is 0.452 e. The molecule has 0 aliphatic rings. The fraction of sp³-hybridized carbons (Fsp3) is 0.105. The van der Waals surface area contributed by atoms with Crippen LogP contribution in [0.25, 0.3) is 6.08 Å². The third kappa shape index (κ3) is 6.24. The normalized spacial score (nSPS) is 11.3. The minimum atomic E-state index is -4.63. The molecule has 0 heterocycles. The third-order valence-corrected chi connectivity index (χ3v) is 3.67. The van der Waals surface area contributed by atoms with Gasteiger partial charge < -0.3 is 4.74 Å². The van der Waals surface area contributed by atoms with Gasteiger partial charge in [0.2, 0.25) is 0 Å². The van der Waals surface area contributed by atoms with Crippen molar-refractivity contribution in [1.29, 1.82) is 0 Å². The standard InChI is InChI=1S/C19H13ClF3NO4/c20-15-8-6-12(10-14(15)19(21,22)23)7-9-17(26)28-11-16(25)24-18(27)13-4-2-1-3-5-13/h1-10H,11H2,(H,24,25,27)/b9-7+. The summed E-state index contributed by atoms with van der Waals surface area (Å²) in [7, 11) is 0. The number of esters is 1. The number of rotatable bonds is 5. The van der Waals surface area contributed by atoms with Gasteiger partial charge in [-0.25, -0.2) is 4.79 Å². The van der Waals surface area contributed by atoms with E-state index in [1.54, 1.807) is 18.2 Å². The lowest BCUT2D eigenvalue weighted by Crippen LogP contribution is -2.33. The van der Waals surface area contributed by atoms with Crippen molar-refractivity contribution in [1.82, 2.24) is 5.32 Å². The van der Waals surface area contributed by atoms with Crippen molar-refractivity contribution in [3.63, 3.8) is 0 Å². The first-order chi connectivity index (χ1) is 13.2. The zero-order valence-corrected chi connectivity index (χ0v) is 14.9. The zero-order chi connectivity index (χ0) is 20.7. The second-order valence-electron chi connectivity index (χ2n) is 5.42. The molecular formula is C19H13ClF3NO4. The van der Waals surface area contributed by atoms with Crippen molar-refractivity contribution >= 4 is 35.5 Å². The van der Waals surface area contributed by atoms with E-state index in [0.717, 1.165) is 24.3 Å². The first-order valence-corrected chi connectivity index (χ1v) is 8.15. The van der Waals surface area contributed by atoms with Gasteiger partial charge in [0.05, 0.1) is 10.6 Å². The SMILES string of the molecule is O=C(COC(=O)/C=C/c1ccc(Cl)c(C(F)(F)F)c1)NC(=O)c1ccccc1. The Morgan fingerprint density at radius 2 is 1.75 bits per heavy atom. The topological polar surface area (TPSA) is 72.5 Å². The molecule has 0 unspecified atom stereocenters. The fourth-order valence-electron chi connectivity index (χ4n) is 2.04. The molecule has 2 rings (SSSR count). The number of hydrogen-bond acceptors (Lipinski definition) is 4. The van der Waals surface area contributed by atoms with Gasteiger partial charge in [0.1, 0.15) is 0 Å². The smallest absolute Gasteiger partial charge is 0.417 e. The number of amides is 2. The van der Waals surface area contributed by atoms with E-state index in [0.29, 0.717) is 0 Å². The molecule has 9 heteroatoms. The van der Waals surface area contributed by atoms with E-state index in [1.807, 2.05) is 5.32 Å². The summed E-state index contributed by atoms with van der Waals surface area (Å²) in [6.07, 6.45) is -2.69. The zero-order valence-electron chi connectivity index (χ0n) is 14.1. The van der Waals surface area contributed by atoms with Gasteiger partial charge in [0, 0.05) is 11.6 Å². The Labute approximate surface area is 162 Å². The van der Waals surface area contributed by atoms with Crippen molar-refractivity contribution in [3.05, 3.63) is 76.3 Å². The Balaban J connectivity index is 1.88. The van der Waals surface area contributed by atoms with E-state index in [2.05, 4.69) is 4.74 Å². The molecule has 0 spiro atoms. The second-order valence-corrected chi connectivity index (χ2v) is 5.83. The highest BCUT2D eigenvalue weighted by Gasteiger charge is 2.33. The number of alkyl halides is 3. The van der Waals surface area contributed by atoms with Crippen LogP contribution in [-0.2, 0) is 20.5 Å². The predicted octanol–water partition coefficient (Wildman–Crippen LogP) is 3.87. The average Bonchev–Trinajstić information content (AvgIpc) is 2.65. The quantitative estimate of drug-likeness (QED) is 0.599. The Kier molecular flexibility index (Phi) is 6.94. The van der Waals surface area contributed by atoms with Gasteiger partial charge in [-0.3, -0.25) is 14.9 Å². The van der Waals surface area contributed by atoms with E-state index >= 15 is 0 Å². The van der Waals surface area contributed by atoms with Crippen LogP contribution < -0.4 is 5.32 Å². The van der Waals surface area contributed by atoms with Crippen LogP contribution in [0.5, 0.6) is 0 Å². The number of halogens is 4. The Bertz CT molecular complexity index is 911. The highest BCUT2D eigenvalue weighted by Crippen LogP contribution is 2.35. The molecule has 0 saturated heterocycles. The number of carbonyl (C=O) groups excluding carboxylic acids is 3. The van der Waals surface area contributed by atoms with E-state index in [-0.39, 0.29) is 11.1 Å². The van der Waals surface area contributed by atoms with Crippen molar-refractivity contribution in [3.8, 4) is 0 Å². The molecule has 2 aromatic carbocycles. The minimum Gasteiger partial charge on any atom is -0.452 e. The van der Waals surface area contributed by atoms with Crippen molar-refractivity contribution in [2.24, 2.45) is 0 Å². The minimum absolute atomic E-state index is 0.0670. The second kappa shape index (κ2) is 9.18. The summed E-state index contributed by atoms with van der Waals surface area (Å²) in [4.78, 5) is 35.0. The summed E-state index contributed by atoms with van der Waals surface area (Å²) in [5.74, 6) is -2.47. The Morgan fingerprint density at radius 1 is 1.07 bits per heavy atom. The van der Waals surface area contributed by atoms with Crippen molar-refractivity contribution < 1.29 is 32.3 Å². The molecule has 0 fully saturated rings. The molecule has 0 bridgehead atoms. The van der Waals surface area contributed by atoms with Crippen LogP contribution in [0.15, 0.2) is 54.6 Å². The molecule has 146 valence electrons. The van der Waals surface area contributed by atoms with Crippen LogP contribution in [-0.4, -0.2) is 24.4 Å². The molecule has 1 N–H and O–H groups in total. The van der Waals surface area contributed by atoms with Crippen LogP contribution >= 0.6 is 11.6 Å². The van der Waals surface area contributed by atoms with Gasteiger partial charge in [-0.2, -0.15) is 13.2 Å². The fourth-order valence-corrected chi connectivity index (χ4v) is 2.26.